The summed E-state index contributed by atoms with van der Waals surface area (Å²) in [6.07, 6.45) is 1.85. The van der Waals surface area contributed by atoms with E-state index in [1.165, 1.54) is 4.90 Å². The van der Waals surface area contributed by atoms with Crippen molar-refractivity contribution in [2.45, 2.75) is 31.8 Å². The number of carboxylic acid groups (broad SMARTS) is 1. The number of rotatable bonds is 2. The fraction of sp³-hybridized carbons (Fsp3) is 0.467. The Morgan fingerprint density at radius 2 is 2.05 bits per heavy atom. The van der Waals surface area contributed by atoms with Crippen molar-refractivity contribution in [3.8, 4) is 5.75 Å². The Labute approximate surface area is 122 Å². The molecule has 0 spiro atoms. The highest BCUT2D eigenvalue weighted by atomic mass is 16.5. The van der Waals surface area contributed by atoms with Crippen molar-refractivity contribution in [3.63, 3.8) is 0 Å². The molecular formula is C15H18N2O4. The van der Waals surface area contributed by atoms with E-state index < -0.39 is 6.09 Å². The van der Waals surface area contributed by atoms with Gasteiger partial charge in [0.1, 0.15) is 11.9 Å². The maximum atomic E-state index is 11.3. The molecule has 21 heavy (non-hydrogen) atoms. The number of carbonyl (C=O) groups is 2. The molecule has 3 rings (SSSR count). The lowest BCUT2D eigenvalue weighted by Gasteiger charge is -2.30. The molecule has 2 amide bonds. The van der Waals surface area contributed by atoms with Gasteiger partial charge in [-0.25, -0.2) is 4.79 Å². The Morgan fingerprint density at radius 3 is 2.76 bits per heavy atom. The molecule has 1 fully saturated rings. The highest BCUT2D eigenvalue weighted by Crippen LogP contribution is 2.28. The number of aryl methyl sites for hydroxylation is 1. The molecule has 2 heterocycles. The van der Waals surface area contributed by atoms with Crippen LogP contribution < -0.4 is 10.1 Å². The van der Waals surface area contributed by atoms with Crippen molar-refractivity contribution < 1.29 is 19.4 Å². The number of amides is 2. The van der Waals surface area contributed by atoms with Crippen LogP contribution in [-0.4, -0.2) is 41.2 Å². The highest BCUT2D eigenvalue weighted by molar-refractivity contribution is 5.93. The van der Waals surface area contributed by atoms with E-state index in [4.69, 9.17) is 9.84 Å². The number of ether oxygens (including phenoxy) is 1. The number of nitrogens with one attached hydrogen (secondary N) is 1. The lowest BCUT2D eigenvalue weighted by molar-refractivity contribution is -0.116. The monoisotopic (exact) mass is 290 g/mol. The van der Waals surface area contributed by atoms with Crippen molar-refractivity contribution in [2.24, 2.45) is 0 Å². The minimum absolute atomic E-state index is 0.0526. The second-order valence-corrected chi connectivity index (χ2v) is 5.45. The number of hydrogen-bond acceptors (Lipinski definition) is 3. The number of nitrogens with zero attached hydrogens (tertiary/aromatic N) is 1. The average molecular weight is 290 g/mol. The van der Waals surface area contributed by atoms with Gasteiger partial charge < -0.3 is 20.1 Å². The largest absolute Gasteiger partial charge is 0.490 e. The molecule has 2 aliphatic heterocycles. The summed E-state index contributed by atoms with van der Waals surface area (Å²) in [7, 11) is 0. The number of piperidine rings is 1. The Kier molecular flexibility index (Phi) is 3.68. The highest BCUT2D eigenvalue weighted by Gasteiger charge is 2.24. The SMILES string of the molecule is O=C1CCc2cc(OC3CCN(C(=O)O)CC3)ccc2N1. The molecule has 2 aliphatic rings. The molecule has 1 saturated heterocycles. The van der Waals surface area contributed by atoms with Crippen molar-refractivity contribution in [3.05, 3.63) is 23.8 Å². The summed E-state index contributed by atoms with van der Waals surface area (Å²) in [4.78, 5) is 23.6. The van der Waals surface area contributed by atoms with Crippen LogP contribution in [0.2, 0.25) is 0 Å². The van der Waals surface area contributed by atoms with E-state index in [1.807, 2.05) is 18.2 Å². The molecule has 6 nitrogen and oxygen atoms in total. The lowest BCUT2D eigenvalue weighted by atomic mass is 10.0. The molecule has 0 unspecified atom stereocenters. The van der Waals surface area contributed by atoms with Crippen LogP contribution in [0.5, 0.6) is 5.75 Å². The van der Waals surface area contributed by atoms with E-state index in [9.17, 15) is 9.59 Å². The molecule has 0 saturated carbocycles. The van der Waals surface area contributed by atoms with Crippen LogP contribution in [0.1, 0.15) is 24.8 Å². The molecule has 112 valence electrons. The summed E-state index contributed by atoms with van der Waals surface area (Å²) in [5.74, 6) is 0.843. The Balaban J connectivity index is 1.61. The maximum Gasteiger partial charge on any atom is 0.407 e. The van der Waals surface area contributed by atoms with Gasteiger partial charge in [0.15, 0.2) is 0 Å². The van der Waals surface area contributed by atoms with Gasteiger partial charge in [0.05, 0.1) is 0 Å². The first-order valence-electron chi connectivity index (χ1n) is 7.19. The van der Waals surface area contributed by atoms with Gasteiger partial charge in [-0.15, -0.1) is 0 Å². The molecule has 6 heteroatoms. The van der Waals surface area contributed by atoms with E-state index in [-0.39, 0.29) is 12.0 Å². The van der Waals surface area contributed by atoms with E-state index in [0.717, 1.165) is 23.4 Å². The predicted molar refractivity (Wildman–Crippen MR) is 76.6 cm³/mol. The quantitative estimate of drug-likeness (QED) is 0.874. The average Bonchev–Trinajstić information content (AvgIpc) is 2.48. The topological polar surface area (TPSA) is 78.9 Å². The van der Waals surface area contributed by atoms with Crippen LogP contribution in [0.4, 0.5) is 10.5 Å². The lowest BCUT2D eigenvalue weighted by Crippen LogP contribution is -2.41. The first-order chi connectivity index (χ1) is 10.1. The van der Waals surface area contributed by atoms with Gasteiger partial charge in [-0.05, 0) is 30.2 Å². The number of fused-ring (bicyclic) bond motifs is 1. The minimum Gasteiger partial charge on any atom is -0.490 e. The van der Waals surface area contributed by atoms with E-state index in [1.54, 1.807) is 0 Å². The van der Waals surface area contributed by atoms with Crippen molar-refractivity contribution >= 4 is 17.7 Å². The van der Waals surface area contributed by atoms with E-state index in [2.05, 4.69) is 5.32 Å². The van der Waals surface area contributed by atoms with Gasteiger partial charge >= 0.3 is 6.09 Å². The third-order valence-corrected chi connectivity index (χ3v) is 3.99. The molecule has 0 bridgehead atoms. The standard InChI is InChI=1S/C15H18N2O4/c18-14-4-1-10-9-12(2-3-13(10)16-14)21-11-5-7-17(8-6-11)15(19)20/h2-3,9,11H,1,4-8H2,(H,16,18)(H,19,20). The number of carbonyl (C=O) groups excluding carboxylic acids is 1. The molecular weight excluding hydrogens is 272 g/mol. The van der Waals surface area contributed by atoms with Gasteiger partial charge in [0, 0.05) is 38.0 Å². The van der Waals surface area contributed by atoms with Crippen LogP contribution in [0.3, 0.4) is 0 Å². The van der Waals surface area contributed by atoms with Gasteiger partial charge in [0.25, 0.3) is 0 Å². The first kappa shape index (κ1) is 13.7. The summed E-state index contributed by atoms with van der Waals surface area (Å²) >= 11 is 0. The van der Waals surface area contributed by atoms with Crippen molar-refractivity contribution in [1.82, 2.24) is 4.90 Å². The molecule has 0 aromatic heterocycles. The maximum absolute atomic E-state index is 11.3. The summed E-state index contributed by atoms with van der Waals surface area (Å²) in [5.41, 5.74) is 1.95. The fourth-order valence-corrected chi connectivity index (χ4v) is 2.79. The van der Waals surface area contributed by atoms with E-state index >= 15 is 0 Å². The predicted octanol–water partition coefficient (Wildman–Crippen LogP) is 2.09. The number of likely N-dealkylation sites (tertiary alicyclic amines) is 1. The van der Waals surface area contributed by atoms with Gasteiger partial charge in [0.2, 0.25) is 5.91 Å². The summed E-state index contributed by atoms with van der Waals surface area (Å²) in [5, 5.41) is 11.8. The number of anilines is 1. The summed E-state index contributed by atoms with van der Waals surface area (Å²) < 4.78 is 5.94. The second kappa shape index (κ2) is 5.63. The second-order valence-electron chi connectivity index (χ2n) is 5.45. The Morgan fingerprint density at radius 1 is 1.29 bits per heavy atom. The molecule has 0 atom stereocenters. The molecule has 0 radical (unpaired) electrons. The van der Waals surface area contributed by atoms with Gasteiger partial charge in [-0.3, -0.25) is 4.79 Å². The summed E-state index contributed by atoms with van der Waals surface area (Å²) in [6.45, 7) is 1.03. The zero-order valence-electron chi connectivity index (χ0n) is 11.7. The van der Waals surface area contributed by atoms with E-state index in [0.29, 0.717) is 32.4 Å². The zero-order valence-corrected chi connectivity index (χ0v) is 11.7. The normalized spacial score (nSPS) is 18.9. The number of benzene rings is 1. The minimum atomic E-state index is -0.863. The van der Waals surface area contributed by atoms with Crippen LogP contribution in [0.25, 0.3) is 0 Å². The first-order valence-corrected chi connectivity index (χ1v) is 7.19. The smallest absolute Gasteiger partial charge is 0.407 e. The third kappa shape index (κ3) is 3.09. The van der Waals surface area contributed by atoms with Crippen LogP contribution in [0.15, 0.2) is 18.2 Å². The molecule has 1 aromatic rings. The van der Waals surface area contributed by atoms with Crippen molar-refractivity contribution in [1.29, 1.82) is 0 Å². The molecule has 2 N–H and O–H groups in total. The molecule has 1 aromatic carbocycles. The molecule has 0 aliphatic carbocycles. The van der Waals surface area contributed by atoms with Crippen molar-refractivity contribution in [2.75, 3.05) is 18.4 Å². The number of hydrogen-bond donors (Lipinski definition) is 2. The third-order valence-electron chi connectivity index (χ3n) is 3.99. The van der Waals surface area contributed by atoms with Gasteiger partial charge in [-0.2, -0.15) is 0 Å². The van der Waals surface area contributed by atoms with Crippen LogP contribution in [-0.2, 0) is 11.2 Å². The zero-order chi connectivity index (χ0) is 14.8. The Hall–Kier alpha value is -2.24. The fourth-order valence-electron chi connectivity index (χ4n) is 2.79. The van der Waals surface area contributed by atoms with Gasteiger partial charge in [-0.1, -0.05) is 0 Å². The Bertz CT molecular complexity index is 565. The van der Waals surface area contributed by atoms with Crippen LogP contribution in [0, 0.1) is 0 Å². The summed E-state index contributed by atoms with van der Waals surface area (Å²) in [6, 6.07) is 5.69. The van der Waals surface area contributed by atoms with Crippen LogP contribution >= 0.6 is 0 Å².